The molecule has 75 heavy (non-hydrogen) atoms. The molecule has 2 aliphatic rings. The number of hydrogen-bond donors (Lipinski definition) is 2. The first kappa shape index (κ1) is 57.1. The lowest BCUT2D eigenvalue weighted by Crippen LogP contribution is -2.47. The number of urea groups is 1. The van der Waals surface area contributed by atoms with Crippen LogP contribution in [0, 0.1) is 17.6 Å². The van der Waals surface area contributed by atoms with Gasteiger partial charge in [-0.25, -0.2) is 30.4 Å². The zero-order chi connectivity index (χ0) is 55.4. The van der Waals surface area contributed by atoms with Gasteiger partial charge in [0.05, 0.1) is 51.9 Å². The summed E-state index contributed by atoms with van der Waals surface area (Å²) < 4.78 is 205. The molecule has 410 valence electrons. The first-order valence-electron chi connectivity index (χ1n) is 23.0. The van der Waals surface area contributed by atoms with Gasteiger partial charge in [-0.15, -0.1) is 0 Å². The molecule has 4 heterocycles. The maximum atomic E-state index is 15.6. The zero-order valence-electron chi connectivity index (χ0n) is 40.6. The van der Waals surface area contributed by atoms with Gasteiger partial charge in [0.2, 0.25) is 15.9 Å². The Balaban J connectivity index is 1.43. The summed E-state index contributed by atoms with van der Waals surface area (Å²) in [5, 5.41) is 11.4. The van der Waals surface area contributed by atoms with Crippen molar-refractivity contribution in [2.45, 2.75) is 88.6 Å². The number of aryl methyl sites for hydroxylation is 1. The number of benzene rings is 2. The summed E-state index contributed by atoms with van der Waals surface area (Å²) >= 11 is 6.71. The van der Waals surface area contributed by atoms with Gasteiger partial charge in [-0.3, -0.25) is 24.0 Å². The van der Waals surface area contributed by atoms with Crippen molar-refractivity contribution >= 4 is 60.1 Å². The molecule has 1 aliphatic heterocycles. The molecule has 1 saturated heterocycles. The van der Waals surface area contributed by atoms with E-state index in [2.05, 4.69) is 20.8 Å². The minimum atomic E-state index is -5.23. The van der Waals surface area contributed by atoms with Gasteiger partial charge in [0.25, 0.3) is 5.92 Å². The third kappa shape index (κ3) is 12.7. The first-order chi connectivity index (χ1) is 34.7. The van der Waals surface area contributed by atoms with Gasteiger partial charge in [0.1, 0.15) is 30.4 Å². The van der Waals surface area contributed by atoms with Crippen LogP contribution in [0.3, 0.4) is 0 Å². The second-order valence-corrected chi connectivity index (χ2v) is 23.9. The maximum absolute atomic E-state index is 15.6. The molecular formula is C46H50ClF10N9O7S2. The standard InChI is InChI=1S/C46H50ClF10N9O7S2/c1-25-18-32-39(46(55,56)57)61-64(40(32)45(25,53)54)23-35(67)60-34(21-26-19-27(48)22-28(49)20-26)37-30(7-6-29(59-37)10-11-43(2,3)74(4,69)70)31-8-9-33(47)36-38(31)65(24-44(50,51)52)62-41(36)66(75(5,71)72)42(68)58-12-13-63-14-16-73-17-15-63/h6-9,19-20,22,25,34H,10-18,21,23-24H2,1-5H3,(H,58,68)(H,60,67)/t25-,34+/m1/s1. The Bertz CT molecular complexity index is 3220. The molecular weight excluding hydrogens is 1080 g/mol. The summed E-state index contributed by atoms with van der Waals surface area (Å²) in [6, 6.07) is 4.05. The van der Waals surface area contributed by atoms with Gasteiger partial charge in [0.15, 0.2) is 21.3 Å². The van der Waals surface area contributed by atoms with E-state index in [1.54, 1.807) is 0 Å². The molecule has 16 nitrogen and oxygen atoms in total. The van der Waals surface area contributed by atoms with Gasteiger partial charge in [-0.2, -0.15) is 49.6 Å². The molecule has 0 unspecified atom stereocenters. The summed E-state index contributed by atoms with van der Waals surface area (Å²) in [5.41, 5.74) is -5.24. The van der Waals surface area contributed by atoms with E-state index < -0.39 is 143 Å². The third-order valence-corrected chi connectivity index (χ3v) is 16.5. The fraction of sp³-hybridized carbons (Fsp3) is 0.500. The Morgan fingerprint density at radius 2 is 1.57 bits per heavy atom. The number of fused-ring (bicyclic) bond motifs is 2. The van der Waals surface area contributed by atoms with E-state index in [4.69, 9.17) is 21.3 Å². The maximum Gasteiger partial charge on any atom is 0.435 e. The molecule has 1 aliphatic carbocycles. The Hall–Kier alpha value is -5.58. The average Bonchev–Trinajstić information content (AvgIpc) is 3.90. The number of pyridine rings is 1. The summed E-state index contributed by atoms with van der Waals surface area (Å²) in [6.07, 6.45) is -10.4. The monoisotopic (exact) mass is 1130 g/mol. The van der Waals surface area contributed by atoms with E-state index in [-0.39, 0.29) is 63.0 Å². The van der Waals surface area contributed by atoms with Crippen LogP contribution in [0.1, 0.15) is 67.1 Å². The SMILES string of the molecule is C[C@@H]1Cc2c(C(F)(F)F)nn(CC(=O)N[C@@H](Cc3cc(F)cc(F)c3)c3nc(CCC(C)(C)S(C)(=O)=O)ccc3-c3ccc(Cl)c4c(N(C(=O)NCCN5CCOCC5)S(C)(=O)=O)nn(CC(F)(F)F)c34)c2C1(F)F. The van der Waals surface area contributed by atoms with Crippen LogP contribution in [0.25, 0.3) is 22.0 Å². The minimum absolute atomic E-state index is 0.0650. The van der Waals surface area contributed by atoms with Crippen LogP contribution in [0.15, 0.2) is 42.5 Å². The van der Waals surface area contributed by atoms with Gasteiger partial charge < -0.3 is 15.4 Å². The van der Waals surface area contributed by atoms with Gasteiger partial charge >= 0.3 is 18.4 Å². The molecule has 0 spiro atoms. The average molecular weight is 1130 g/mol. The number of sulfonamides is 1. The van der Waals surface area contributed by atoms with E-state index in [1.165, 1.54) is 32.0 Å². The number of sulfone groups is 1. The van der Waals surface area contributed by atoms with Gasteiger partial charge in [-0.05, 0) is 69.4 Å². The third-order valence-electron chi connectivity index (χ3n) is 13.0. The largest absolute Gasteiger partial charge is 0.435 e. The van der Waals surface area contributed by atoms with Gasteiger partial charge in [-0.1, -0.05) is 30.7 Å². The quantitative estimate of drug-likeness (QED) is 0.0866. The molecule has 5 aromatic rings. The normalized spacial score (nSPS) is 17.0. The molecule has 0 saturated carbocycles. The van der Waals surface area contributed by atoms with Crippen molar-refractivity contribution < 1.29 is 75.1 Å². The number of ether oxygens (including phenoxy) is 1. The number of hydrogen-bond acceptors (Lipinski definition) is 11. The fourth-order valence-electron chi connectivity index (χ4n) is 8.92. The lowest BCUT2D eigenvalue weighted by atomic mass is 9.93. The van der Waals surface area contributed by atoms with Gasteiger partial charge in [0, 0.05) is 66.8 Å². The molecule has 1 fully saturated rings. The number of anilines is 1. The van der Waals surface area contributed by atoms with E-state index in [0.29, 0.717) is 43.3 Å². The number of carbonyl (C=O) groups excluding carboxylic acids is 2. The van der Waals surface area contributed by atoms with Crippen molar-refractivity contribution in [2.75, 3.05) is 56.2 Å². The number of nitrogens with zero attached hydrogens (tertiary/aromatic N) is 7. The van der Waals surface area contributed by atoms with Crippen molar-refractivity contribution in [3.63, 3.8) is 0 Å². The molecule has 2 aromatic carbocycles. The number of rotatable bonds is 17. The summed E-state index contributed by atoms with van der Waals surface area (Å²) in [7, 11) is -8.49. The molecule has 3 amide bonds. The molecule has 0 radical (unpaired) electrons. The number of halogens is 11. The first-order valence-corrected chi connectivity index (χ1v) is 27.1. The van der Waals surface area contributed by atoms with Crippen LogP contribution in [-0.4, -0.2) is 121 Å². The van der Waals surface area contributed by atoms with Crippen LogP contribution in [0.2, 0.25) is 5.02 Å². The van der Waals surface area contributed by atoms with Crippen LogP contribution >= 0.6 is 11.6 Å². The number of alkyl halides is 8. The Kier molecular flexibility index (Phi) is 16.1. The molecule has 29 heteroatoms. The highest BCUT2D eigenvalue weighted by atomic mass is 35.5. The predicted octanol–water partition coefficient (Wildman–Crippen LogP) is 7.76. The summed E-state index contributed by atoms with van der Waals surface area (Å²) in [4.78, 5) is 34.7. The second-order valence-electron chi connectivity index (χ2n) is 19.1. The number of amides is 3. The summed E-state index contributed by atoms with van der Waals surface area (Å²) in [5.74, 6) is -9.96. The molecule has 0 bridgehead atoms. The van der Waals surface area contributed by atoms with Crippen LogP contribution in [0.5, 0.6) is 0 Å². The molecule has 2 N–H and O–H groups in total. The minimum Gasteiger partial charge on any atom is -0.379 e. The Morgan fingerprint density at radius 1 is 0.933 bits per heavy atom. The topological polar surface area (TPSA) is 191 Å². The molecule has 2 atom stereocenters. The molecule has 7 rings (SSSR count). The van der Waals surface area contributed by atoms with E-state index >= 15 is 8.78 Å². The van der Waals surface area contributed by atoms with E-state index in [1.807, 2.05) is 4.90 Å². The Labute approximate surface area is 428 Å². The van der Waals surface area contributed by atoms with Crippen molar-refractivity contribution in [2.24, 2.45) is 5.92 Å². The predicted molar refractivity (Wildman–Crippen MR) is 254 cm³/mol. The Morgan fingerprint density at radius 3 is 2.17 bits per heavy atom. The van der Waals surface area contributed by atoms with E-state index in [0.717, 1.165) is 31.4 Å². The number of morpholine rings is 1. The number of carbonyl (C=O) groups is 2. The van der Waals surface area contributed by atoms with Crippen LogP contribution in [-0.2, 0) is 73.8 Å². The van der Waals surface area contributed by atoms with E-state index in [9.17, 15) is 61.5 Å². The van der Waals surface area contributed by atoms with Crippen molar-refractivity contribution in [1.82, 2.24) is 40.1 Å². The van der Waals surface area contributed by atoms with Crippen molar-refractivity contribution in [3.8, 4) is 11.1 Å². The zero-order valence-corrected chi connectivity index (χ0v) is 43.0. The highest BCUT2D eigenvalue weighted by Gasteiger charge is 2.54. The highest BCUT2D eigenvalue weighted by Crippen LogP contribution is 2.50. The number of aromatic nitrogens is 5. The van der Waals surface area contributed by atoms with Crippen LogP contribution < -0.4 is 14.9 Å². The highest BCUT2D eigenvalue weighted by molar-refractivity contribution is 7.93. The van der Waals surface area contributed by atoms with Crippen LogP contribution in [0.4, 0.5) is 54.5 Å². The number of nitrogens with one attached hydrogen (secondary N) is 2. The fourth-order valence-corrected chi connectivity index (χ4v) is 10.4. The molecule has 3 aromatic heterocycles. The lowest BCUT2D eigenvalue weighted by Gasteiger charge is -2.27. The lowest BCUT2D eigenvalue weighted by molar-refractivity contribution is -0.143. The van der Waals surface area contributed by atoms with Crippen molar-refractivity contribution in [1.29, 1.82) is 0 Å². The smallest absolute Gasteiger partial charge is 0.379 e. The summed E-state index contributed by atoms with van der Waals surface area (Å²) in [6.45, 7) is 2.48. The second kappa shape index (κ2) is 21.1. The van der Waals surface area contributed by atoms with Crippen molar-refractivity contribution in [3.05, 3.63) is 93.0 Å².